The fraction of sp³-hybridized carbons (Fsp3) is 0.231. The summed E-state index contributed by atoms with van der Waals surface area (Å²) < 4.78 is 0. The van der Waals surface area contributed by atoms with Crippen LogP contribution in [0.2, 0.25) is 0 Å². The molecular weight excluding hydrogens is 212 g/mol. The van der Waals surface area contributed by atoms with E-state index in [1.54, 1.807) is 6.20 Å². The summed E-state index contributed by atoms with van der Waals surface area (Å²) in [6, 6.07) is 8.30. The Morgan fingerprint density at radius 2 is 2.00 bits per heavy atom. The van der Waals surface area contributed by atoms with E-state index in [-0.39, 0.29) is 0 Å². The van der Waals surface area contributed by atoms with Gasteiger partial charge in [-0.25, -0.2) is 9.97 Å². The number of anilines is 3. The zero-order valence-corrected chi connectivity index (χ0v) is 9.85. The van der Waals surface area contributed by atoms with Crippen LogP contribution in [0.15, 0.2) is 36.8 Å². The third-order valence-electron chi connectivity index (χ3n) is 2.50. The van der Waals surface area contributed by atoms with Crippen LogP contribution in [0.3, 0.4) is 0 Å². The number of nitrogens with one attached hydrogen (secondary N) is 1. The summed E-state index contributed by atoms with van der Waals surface area (Å²) in [5.41, 5.74) is 8.63. The van der Waals surface area contributed by atoms with Crippen molar-refractivity contribution in [2.75, 3.05) is 11.1 Å². The van der Waals surface area contributed by atoms with Gasteiger partial charge in [0.05, 0.1) is 11.9 Å². The average Bonchev–Trinajstić information content (AvgIpc) is 2.35. The quantitative estimate of drug-likeness (QED) is 0.844. The van der Waals surface area contributed by atoms with Crippen LogP contribution in [0.4, 0.5) is 17.2 Å². The summed E-state index contributed by atoms with van der Waals surface area (Å²) in [6.45, 7) is 2.17. The first-order valence-corrected chi connectivity index (χ1v) is 5.71. The molecule has 0 unspecified atom stereocenters. The standard InChI is InChI=1S/C13H16N4/c1-2-3-10-4-6-11(7-5-10)17-13-12(14)8-15-9-16-13/h4-9H,2-3,14H2,1H3,(H,15,16,17). The van der Waals surface area contributed by atoms with Crippen molar-refractivity contribution in [2.45, 2.75) is 19.8 Å². The Labute approximate surface area is 101 Å². The predicted octanol–water partition coefficient (Wildman–Crippen LogP) is 2.75. The number of aromatic nitrogens is 2. The number of hydrogen-bond donors (Lipinski definition) is 2. The van der Waals surface area contributed by atoms with Gasteiger partial charge in [0, 0.05) is 5.69 Å². The van der Waals surface area contributed by atoms with Crippen molar-refractivity contribution >= 4 is 17.2 Å². The van der Waals surface area contributed by atoms with Crippen LogP contribution in [-0.4, -0.2) is 9.97 Å². The van der Waals surface area contributed by atoms with Gasteiger partial charge in [-0.05, 0) is 24.1 Å². The summed E-state index contributed by atoms with van der Waals surface area (Å²) >= 11 is 0. The second-order valence-electron chi connectivity index (χ2n) is 3.90. The number of nitrogens with zero attached hydrogens (tertiary/aromatic N) is 2. The zero-order chi connectivity index (χ0) is 12.1. The Morgan fingerprint density at radius 1 is 1.24 bits per heavy atom. The van der Waals surface area contributed by atoms with Gasteiger partial charge in [-0.3, -0.25) is 0 Å². The monoisotopic (exact) mass is 228 g/mol. The van der Waals surface area contributed by atoms with Crippen molar-refractivity contribution in [1.82, 2.24) is 9.97 Å². The van der Waals surface area contributed by atoms with Gasteiger partial charge in [-0.2, -0.15) is 0 Å². The smallest absolute Gasteiger partial charge is 0.157 e. The normalized spacial score (nSPS) is 10.2. The zero-order valence-electron chi connectivity index (χ0n) is 9.85. The topological polar surface area (TPSA) is 63.8 Å². The molecule has 1 heterocycles. The molecule has 0 aliphatic heterocycles. The molecule has 4 heteroatoms. The van der Waals surface area contributed by atoms with E-state index in [4.69, 9.17) is 5.73 Å². The molecule has 4 nitrogen and oxygen atoms in total. The molecule has 17 heavy (non-hydrogen) atoms. The molecule has 0 radical (unpaired) electrons. The lowest BCUT2D eigenvalue weighted by Crippen LogP contribution is -1.99. The number of benzene rings is 1. The van der Waals surface area contributed by atoms with E-state index in [0.29, 0.717) is 11.5 Å². The maximum Gasteiger partial charge on any atom is 0.157 e. The summed E-state index contributed by atoms with van der Waals surface area (Å²) in [4.78, 5) is 7.93. The molecule has 0 saturated carbocycles. The Kier molecular flexibility index (Phi) is 3.55. The minimum absolute atomic E-state index is 0.546. The Hall–Kier alpha value is -2.10. The van der Waals surface area contributed by atoms with Gasteiger partial charge in [0.2, 0.25) is 0 Å². The van der Waals surface area contributed by atoms with Crippen LogP contribution in [0, 0.1) is 0 Å². The fourth-order valence-corrected chi connectivity index (χ4v) is 1.62. The van der Waals surface area contributed by atoms with Crippen molar-refractivity contribution in [3.05, 3.63) is 42.4 Å². The van der Waals surface area contributed by atoms with Crippen molar-refractivity contribution in [3.63, 3.8) is 0 Å². The highest BCUT2D eigenvalue weighted by atomic mass is 15.0. The van der Waals surface area contributed by atoms with Crippen LogP contribution < -0.4 is 11.1 Å². The lowest BCUT2D eigenvalue weighted by molar-refractivity contribution is 0.922. The van der Waals surface area contributed by atoms with Gasteiger partial charge in [0.15, 0.2) is 5.82 Å². The van der Waals surface area contributed by atoms with E-state index in [0.717, 1.165) is 18.5 Å². The maximum absolute atomic E-state index is 5.76. The number of hydrogen-bond acceptors (Lipinski definition) is 4. The minimum atomic E-state index is 0.546. The van der Waals surface area contributed by atoms with Crippen LogP contribution in [-0.2, 0) is 6.42 Å². The molecule has 3 N–H and O–H groups in total. The SMILES string of the molecule is CCCc1ccc(Nc2ncncc2N)cc1. The number of nitrogen functional groups attached to an aromatic ring is 1. The number of rotatable bonds is 4. The fourth-order valence-electron chi connectivity index (χ4n) is 1.62. The highest BCUT2D eigenvalue weighted by molar-refractivity contribution is 5.67. The second kappa shape index (κ2) is 5.30. The largest absolute Gasteiger partial charge is 0.394 e. The molecule has 0 aliphatic rings. The molecule has 0 atom stereocenters. The second-order valence-corrected chi connectivity index (χ2v) is 3.90. The molecule has 1 aromatic heterocycles. The average molecular weight is 228 g/mol. The van der Waals surface area contributed by atoms with E-state index in [9.17, 15) is 0 Å². The van der Waals surface area contributed by atoms with Gasteiger partial charge in [-0.15, -0.1) is 0 Å². The number of aryl methyl sites for hydroxylation is 1. The first-order chi connectivity index (χ1) is 8.29. The van der Waals surface area contributed by atoms with Crippen molar-refractivity contribution in [1.29, 1.82) is 0 Å². The van der Waals surface area contributed by atoms with Crippen molar-refractivity contribution in [2.24, 2.45) is 0 Å². The summed E-state index contributed by atoms with van der Waals surface area (Å²) in [6.07, 6.45) is 5.33. The molecule has 0 bridgehead atoms. The third kappa shape index (κ3) is 2.93. The molecule has 0 spiro atoms. The van der Waals surface area contributed by atoms with E-state index in [2.05, 4.69) is 34.3 Å². The highest BCUT2D eigenvalue weighted by Crippen LogP contribution is 2.19. The van der Waals surface area contributed by atoms with E-state index < -0.39 is 0 Å². The molecule has 88 valence electrons. The first kappa shape index (κ1) is 11.4. The summed E-state index contributed by atoms with van der Waals surface area (Å²) in [5.74, 6) is 0.642. The Balaban J connectivity index is 2.11. The molecule has 0 saturated heterocycles. The Morgan fingerprint density at radius 3 is 2.65 bits per heavy atom. The lowest BCUT2D eigenvalue weighted by Gasteiger charge is -2.08. The predicted molar refractivity (Wildman–Crippen MR) is 70.2 cm³/mol. The van der Waals surface area contributed by atoms with Gasteiger partial charge in [-0.1, -0.05) is 25.5 Å². The van der Waals surface area contributed by atoms with Crippen molar-refractivity contribution < 1.29 is 0 Å². The molecule has 0 fully saturated rings. The van der Waals surface area contributed by atoms with Gasteiger partial charge in [0.25, 0.3) is 0 Å². The molecule has 0 aliphatic carbocycles. The van der Waals surface area contributed by atoms with Crippen molar-refractivity contribution in [3.8, 4) is 0 Å². The molecule has 2 aromatic rings. The van der Waals surface area contributed by atoms with E-state index in [1.807, 2.05) is 12.1 Å². The van der Waals surface area contributed by atoms with Crippen LogP contribution in [0.1, 0.15) is 18.9 Å². The lowest BCUT2D eigenvalue weighted by atomic mass is 10.1. The molecular formula is C13H16N4. The first-order valence-electron chi connectivity index (χ1n) is 5.71. The van der Waals surface area contributed by atoms with E-state index in [1.165, 1.54) is 11.9 Å². The third-order valence-corrected chi connectivity index (χ3v) is 2.50. The van der Waals surface area contributed by atoms with Gasteiger partial charge < -0.3 is 11.1 Å². The maximum atomic E-state index is 5.76. The van der Waals surface area contributed by atoms with Gasteiger partial charge >= 0.3 is 0 Å². The highest BCUT2D eigenvalue weighted by Gasteiger charge is 2.00. The molecule has 0 amide bonds. The molecule has 2 rings (SSSR count). The summed E-state index contributed by atoms with van der Waals surface area (Å²) in [5, 5.41) is 3.17. The van der Waals surface area contributed by atoms with Crippen LogP contribution >= 0.6 is 0 Å². The minimum Gasteiger partial charge on any atom is -0.394 e. The Bertz CT molecular complexity index is 479. The van der Waals surface area contributed by atoms with E-state index >= 15 is 0 Å². The van der Waals surface area contributed by atoms with Crippen LogP contribution in [0.25, 0.3) is 0 Å². The molecule has 1 aromatic carbocycles. The summed E-state index contributed by atoms with van der Waals surface area (Å²) in [7, 11) is 0. The number of nitrogens with two attached hydrogens (primary N) is 1. The van der Waals surface area contributed by atoms with Gasteiger partial charge in [0.1, 0.15) is 6.33 Å². The van der Waals surface area contributed by atoms with Crippen LogP contribution in [0.5, 0.6) is 0 Å².